The van der Waals surface area contributed by atoms with Crippen LogP contribution in [0.3, 0.4) is 0 Å². The molecule has 1 atom stereocenters. The summed E-state index contributed by atoms with van der Waals surface area (Å²) in [4.78, 5) is 33.4. The van der Waals surface area contributed by atoms with E-state index in [-0.39, 0.29) is 18.3 Å². The Morgan fingerprint density at radius 1 is 1.36 bits per heavy atom. The van der Waals surface area contributed by atoms with Gasteiger partial charge in [-0.2, -0.15) is 0 Å². The topological polar surface area (TPSA) is 108 Å². The Hall–Kier alpha value is -2.64. The first-order valence-electron chi connectivity index (χ1n) is 7.10. The lowest BCUT2D eigenvalue weighted by atomic mass is 10.2. The molecule has 0 bridgehead atoms. The molecule has 0 aliphatic rings. The Bertz CT molecular complexity index is 587. The number of hydrogen-bond donors (Lipinski definition) is 1. The van der Waals surface area contributed by atoms with Crippen LogP contribution in [0.1, 0.15) is 29.0 Å². The standard InChI is InChI=1S/C14H18N2O6/c1-9(15-13(18)22-14(2,3)4)12(17)21-11-7-5-10(6-8-11)16(19)20/h5-9H,1-4H3,(H,15,18)/t9-/m0/s1/i2D. The van der Waals surface area contributed by atoms with Gasteiger partial charge < -0.3 is 14.8 Å². The van der Waals surface area contributed by atoms with Gasteiger partial charge in [-0.25, -0.2) is 9.59 Å². The molecule has 1 amide bonds. The molecular weight excluding hydrogens is 292 g/mol. The lowest BCUT2D eigenvalue weighted by Crippen LogP contribution is -2.43. The average Bonchev–Trinajstić information content (AvgIpc) is 2.47. The number of non-ortho nitro benzene ring substituents is 1. The van der Waals surface area contributed by atoms with Crippen LogP contribution in [0.4, 0.5) is 10.5 Å². The van der Waals surface area contributed by atoms with Gasteiger partial charge in [0.05, 0.1) is 4.92 Å². The molecular formula is C14H18N2O6. The van der Waals surface area contributed by atoms with Crippen LogP contribution in [0, 0.1) is 10.1 Å². The molecule has 0 saturated carbocycles. The Morgan fingerprint density at radius 3 is 2.45 bits per heavy atom. The molecule has 0 radical (unpaired) electrons. The highest BCUT2D eigenvalue weighted by molar-refractivity contribution is 5.82. The van der Waals surface area contributed by atoms with Crippen LogP contribution >= 0.6 is 0 Å². The molecule has 0 aliphatic heterocycles. The fourth-order valence-electron chi connectivity index (χ4n) is 1.36. The van der Waals surface area contributed by atoms with Gasteiger partial charge in [0.15, 0.2) is 0 Å². The van der Waals surface area contributed by atoms with E-state index in [4.69, 9.17) is 10.8 Å². The summed E-state index contributed by atoms with van der Waals surface area (Å²) in [6, 6.07) is 3.98. The van der Waals surface area contributed by atoms with Gasteiger partial charge >= 0.3 is 12.1 Å². The molecule has 22 heavy (non-hydrogen) atoms. The number of carbonyl (C=O) groups is 2. The van der Waals surface area contributed by atoms with Gasteiger partial charge in [0.25, 0.3) is 5.69 Å². The quantitative estimate of drug-likeness (QED) is 0.396. The number of rotatable bonds is 4. The van der Waals surface area contributed by atoms with E-state index in [2.05, 4.69) is 5.32 Å². The molecule has 120 valence electrons. The second-order valence-corrected chi connectivity index (χ2v) is 5.19. The number of benzene rings is 1. The van der Waals surface area contributed by atoms with Gasteiger partial charge in [-0.1, -0.05) is 0 Å². The molecule has 0 aromatic heterocycles. The third kappa shape index (κ3) is 5.78. The van der Waals surface area contributed by atoms with Crippen molar-refractivity contribution in [3.05, 3.63) is 34.4 Å². The van der Waals surface area contributed by atoms with Crippen molar-refractivity contribution in [3.63, 3.8) is 0 Å². The van der Waals surface area contributed by atoms with Gasteiger partial charge in [0.1, 0.15) is 17.4 Å². The number of nitro benzene ring substituents is 1. The molecule has 8 heteroatoms. The van der Waals surface area contributed by atoms with Crippen molar-refractivity contribution in [2.45, 2.75) is 39.3 Å². The van der Waals surface area contributed by atoms with Crippen molar-refractivity contribution in [2.75, 3.05) is 0 Å². The lowest BCUT2D eigenvalue weighted by molar-refractivity contribution is -0.384. The smallest absolute Gasteiger partial charge is 0.408 e. The number of nitrogens with zero attached hydrogens (tertiary/aromatic N) is 1. The third-order valence-electron chi connectivity index (χ3n) is 2.32. The second-order valence-electron chi connectivity index (χ2n) is 5.19. The largest absolute Gasteiger partial charge is 0.444 e. The van der Waals surface area contributed by atoms with E-state index in [0.29, 0.717) is 0 Å². The van der Waals surface area contributed by atoms with Crippen LogP contribution in [-0.2, 0) is 9.53 Å². The predicted molar refractivity (Wildman–Crippen MR) is 77.6 cm³/mol. The fourth-order valence-corrected chi connectivity index (χ4v) is 1.36. The van der Waals surface area contributed by atoms with Crippen molar-refractivity contribution in [1.82, 2.24) is 5.32 Å². The minimum absolute atomic E-state index is 0.120. The van der Waals surface area contributed by atoms with Crippen molar-refractivity contribution < 1.29 is 25.4 Å². The minimum atomic E-state index is -0.987. The molecule has 0 spiro atoms. The zero-order valence-electron chi connectivity index (χ0n) is 13.5. The minimum Gasteiger partial charge on any atom is -0.444 e. The van der Waals surface area contributed by atoms with Crippen LogP contribution in [-0.4, -0.2) is 28.6 Å². The lowest BCUT2D eigenvalue weighted by Gasteiger charge is -2.21. The summed E-state index contributed by atoms with van der Waals surface area (Å²) in [6.07, 6.45) is -0.838. The number of carbonyl (C=O) groups excluding carboxylic acids is 2. The first-order chi connectivity index (χ1) is 10.6. The molecule has 0 saturated heterocycles. The maximum Gasteiger partial charge on any atom is 0.408 e. The van der Waals surface area contributed by atoms with Gasteiger partial charge in [-0.05, 0) is 39.8 Å². The van der Waals surface area contributed by atoms with E-state index in [1.54, 1.807) is 13.8 Å². The summed E-state index contributed by atoms with van der Waals surface area (Å²) >= 11 is 0. The monoisotopic (exact) mass is 311 g/mol. The maximum atomic E-state index is 11.8. The molecule has 1 aromatic carbocycles. The van der Waals surface area contributed by atoms with E-state index in [1.165, 1.54) is 31.2 Å². The highest BCUT2D eigenvalue weighted by Crippen LogP contribution is 2.17. The highest BCUT2D eigenvalue weighted by atomic mass is 16.6. The van der Waals surface area contributed by atoms with Crippen LogP contribution in [0.5, 0.6) is 5.75 Å². The summed E-state index contributed by atoms with van der Waals surface area (Å²) in [5.74, 6) is -0.631. The summed E-state index contributed by atoms with van der Waals surface area (Å²) in [7, 11) is 0. The SMILES string of the molecule is [2H]CC(C)(C)OC(=O)N[C@@H](C)C(=O)Oc1ccc([N+](=O)[O-])cc1. The van der Waals surface area contributed by atoms with Gasteiger partial charge in [0, 0.05) is 13.5 Å². The second kappa shape index (κ2) is 6.88. The van der Waals surface area contributed by atoms with Crippen LogP contribution in [0.25, 0.3) is 0 Å². The molecule has 1 aromatic rings. The number of nitrogens with one attached hydrogen (secondary N) is 1. The molecule has 1 N–H and O–H groups in total. The molecule has 8 nitrogen and oxygen atoms in total. The molecule has 0 unspecified atom stereocenters. The van der Waals surface area contributed by atoms with Gasteiger partial charge in [-0.15, -0.1) is 0 Å². The number of alkyl carbamates (subject to hydrolysis) is 1. The number of amides is 1. The highest BCUT2D eigenvalue weighted by Gasteiger charge is 2.22. The Labute approximate surface area is 129 Å². The van der Waals surface area contributed by atoms with Crippen LogP contribution in [0.15, 0.2) is 24.3 Å². The zero-order valence-corrected chi connectivity index (χ0v) is 12.5. The summed E-state index contributed by atoms with van der Waals surface area (Å²) in [5.41, 5.74) is -1.09. The van der Waals surface area contributed by atoms with E-state index in [9.17, 15) is 19.7 Å². The van der Waals surface area contributed by atoms with E-state index in [1.807, 2.05) is 0 Å². The maximum absolute atomic E-state index is 11.8. The Morgan fingerprint density at radius 2 is 1.95 bits per heavy atom. The van der Waals surface area contributed by atoms with Gasteiger partial charge in [-0.3, -0.25) is 10.1 Å². The predicted octanol–water partition coefficient (Wildman–Crippen LogP) is 2.41. The molecule has 0 aliphatic carbocycles. The summed E-state index contributed by atoms with van der Waals surface area (Å²) in [6.45, 7) is 4.42. The number of ether oxygens (including phenoxy) is 2. The fraction of sp³-hybridized carbons (Fsp3) is 0.429. The molecule has 1 rings (SSSR count). The van der Waals surface area contributed by atoms with E-state index < -0.39 is 28.6 Å². The normalized spacial score (nSPS) is 12.8. The number of hydrogen-bond acceptors (Lipinski definition) is 6. The number of nitro groups is 1. The number of esters is 1. The van der Waals surface area contributed by atoms with Crippen molar-refractivity contribution in [1.29, 1.82) is 0 Å². The zero-order chi connectivity index (χ0) is 17.6. The van der Waals surface area contributed by atoms with Crippen molar-refractivity contribution in [2.24, 2.45) is 0 Å². The van der Waals surface area contributed by atoms with Crippen molar-refractivity contribution >= 4 is 17.7 Å². The van der Waals surface area contributed by atoms with E-state index >= 15 is 0 Å². The van der Waals surface area contributed by atoms with Crippen LogP contribution < -0.4 is 10.1 Å². The van der Waals surface area contributed by atoms with Gasteiger partial charge in [0.2, 0.25) is 0 Å². The molecule has 0 fully saturated rings. The van der Waals surface area contributed by atoms with Crippen molar-refractivity contribution in [3.8, 4) is 5.75 Å². The Balaban J connectivity index is 2.57. The summed E-state index contributed by atoms with van der Waals surface area (Å²) in [5, 5.41) is 12.8. The first-order valence-corrected chi connectivity index (χ1v) is 6.39. The summed E-state index contributed by atoms with van der Waals surface area (Å²) < 4.78 is 17.2. The van der Waals surface area contributed by atoms with Crippen LogP contribution in [0.2, 0.25) is 0 Å². The molecule has 0 heterocycles. The average molecular weight is 311 g/mol. The first kappa shape index (κ1) is 15.7. The van der Waals surface area contributed by atoms with E-state index in [0.717, 1.165) is 0 Å². The Kier molecular flexibility index (Phi) is 4.92. The third-order valence-corrected chi connectivity index (χ3v) is 2.32.